The zero-order valence-corrected chi connectivity index (χ0v) is 21.5. The van der Waals surface area contributed by atoms with E-state index in [1.54, 1.807) is 23.4 Å². The highest BCUT2D eigenvalue weighted by atomic mass is 32.2. The molecule has 1 atom stereocenters. The van der Waals surface area contributed by atoms with E-state index in [4.69, 9.17) is 4.98 Å². The number of hydrogen-bond donors (Lipinski definition) is 0. The maximum absolute atomic E-state index is 14.0. The molecule has 0 aliphatic carbocycles. The SMILES string of the molecule is Cc1cc2nc(N(Cc3cccnc3)C(=O)C3CCCN3S(=O)(=O)c3ccc(F)cc3)sc2cc1C. The van der Waals surface area contributed by atoms with Gasteiger partial charge in [0.05, 0.1) is 21.7 Å². The van der Waals surface area contributed by atoms with E-state index in [1.807, 2.05) is 26.0 Å². The van der Waals surface area contributed by atoms with Crippen LogP contribution >= 0.6 is 11.3 Å². The lowest BCUT2D eigenvalue weighted by Crippen LogP contribution is -2.47. The van der Waals surface area contributed by atoms with Gasteiger partial charge in [-0.25, -0.2) is 17.8 Å². The van der Waals surface area contributed by atoms with Gasteiger partial charge < -0.3 is 0 Å². The summed E-state index contributed by atoms with van der Waals surface area (Å²) >= 11 is 1.41. The smallest absolute Gasteiger partial charge is 0.247 e. The van der Waals surface area contributed by atoms with Crippen molar-refractivity contribution in [3.8, 4) is 0 Å². The summed E-state index contributed by atoms with van der Waals surface area (Å²) in [6.45, 7) is 4.48. The third-order valence-corrected chi connectivity index (χ3v) is 9.43. The Kier molecular flexibility index (Phi) is 6.59. The number of halogens is 1. The van der Waals surface area contributed by atoms with E-state index in [0.29, 0.717) is 18.0 Å². The molecule has 3 heterocycles. The van der Waals surface area contributed by atoms with Crippen molar-refractivity contribution in [1.29, 1.82) is 0 Å². The zero-order valence-electron chi connectivity index (χ0n) is 19.9. The second kappa shape index (κ2) is 9.68. The number of nitrogens with zero attached hydrogens (tertiary/aromatic N) is 4. The second-order valence-corrected chi connectivity index (χ2v) is 11.8. The van der Waals surface area contributed by atoms with Gasteiger partial charge >= 0.3 is 0 Å². The molecular weight excluding hydrogens is 499 g/mol. The molecule has 7 nitrogen and oxygen atoms in total. The molecule has 0 N–H and O–H groups in total. The summed E-state index contributed by atoms with van der Waals surface area (Å²) in [5.41, 5.74) is 3.85. The fraction of sp³-hybridized carbons (Fsp3) is 0.269. The summed E-state index contributed by atoms with van der Waals surface area (Å²) in [7, 11) is -3.98. The van der Waals surface area contributed by atoms with Gasteiger partial charge in [0.2, 0.25) is 15.9 Å². The molecule has 0 radical (unpaired) electrons. The van der Waals surface area contributed by atoms with Crippen molar-refractivity contribution in [3.05, 3.63) is 83.4 Å². The monoisotopic (exact) mass is 524 g/mol. The van der Waals surface area contributed by atoms with Crippen LogP contribution in [0.25, 0.3) is 10.2 Å². The first-order valence-corrected chi connectivity index (χ1v) is 13.8. The van der Waals surface area contributed by atoms with Gasteiger partial charge in [0.1, 0.15) is 11.9 Å². The van der Waals surface area contributed by atoms with Crippen molar-refractivity contribution in [1.82, 2.24) is 14.3 Å². The van der Waals surface area contributed by atoms with Crippen LogP contribution in [-0.2, 0) is 21.4 Å². The van der Waals surface area contributed by atoms with Crippen molar-refractivity contribution in [2.24, 2.45) is 0 Å². The van der Waals surface area contributed by atoms with Crippen molar-refractivity contribution in [2.75, 3.05) is 11.4 Å². The normalized spacial score (nSPS) is 16.5. The van der Waals surface area contributed by atoms with Gasteiger partial charge in [-0.2, -0.15) is 4.31 Å². The lowest BCUT2D eigenvalue weighted by molar-refractivity contribution is -0.121. The van der Waals surface area contributed by atoms with Gasteiger partial charge in [-0.05, 0) is 85.8 Å². The molecule has 10 heteroatoms. The van der Waals surface area contributed by atoms with E-state index < -0.39 is 21.9 Å². The molecule has 1 amide bonds. The van der Waals surface area contributed by atoms with Crippen molar-refractivity contribution >= 4 is 42.6 Å². The molecule has 1 aliphatic rings. The maximum atomic E-state index is 14.0. The Hall–Kier alpha value is -3.21. The Balaban J connectivity index is 1.53. The fourth-order valence-electron chi connectivity index (χ4n) is 4.39. The number of rotatable bonds is 6. The summed E-state index contributed by atoms with van der Waals surface area (Å²) in [5, 5.41) is 0.509. The van der Waals surface area contributed by atoms with Crippen LogP contribution in [-0.4, -0.2) is 41.2 Å². The molecule has 2 aromatic carbocycles. The number of pyridine rings is 1. The zero-order chi connectivity index (χ0) is 25.4. The first kappa shape index (κ1) is 24.5. The van der Waals surface area contributed by atoms with Crippen LogP contribution in [0.1, 0.15) is 29.5 Å². The predicted molar refractivity (Wildman–Crippen MR) is 138 cm³/mol. The Morgan fingerprint density at radius 3 is 2.64 bits per heavy atom. The average Bonchev–Trinajstić information content (AvgIpc) is 3.51. The van der Waals surface area contributed by atoms with Gasteiger partial charge in [-0.15, -0.1) is 0 Å². The fourth-order valence-corrected chi connectivity index (χ4v) is 7.09. The minimum atomic E-state index is -3.98. The van der Waals surface area contributed by atoms with Gasteiger partial charge in [-0.1, -0.05) is 17.4 Å². The quantitative estimate of drug-likeness (QED) is 0.361. The standard InChI is InChI=1S/C26H25FN4O3S2/c1-17-13-22-24(14-18(17)2)35-26(29-22)30(16-19-5-3-11-28-15-19)25(32)23-6-4-12-31(23)36(33,34)21-9-7-20(27)8-10-21/h3,5,7-11,13-15,23H,4,6,12,16H2,1-2H3. The first-order valence-electron chi connectivity index (χ1n) is 11.6. The summed E-state index contributed by atoms with van der Waals surface area (Å²) < 4.78 is 42.4. The van der Waals surface area contributed by atoms with Crippen LogP contribution in [0, 0.1) is 19.7 Å². The van der Waals surface area contributed by atoms with E-state index in [0.717, 1.165) is 39.0 Å². The van der Waals surface area contributed by atoms with E-state index in [-0.39, 0.29) is 23.9 Å². The average molecular weight is 525 g/mol. The molecule has 5 rings (SSSR count). The molecular formula is C26H25FN4O3S2. The summed E-state index contributed by atoms with van der Waals surface area (Å²) in [6, 6.07) is 11.5. The summed E-state index contributed by atoms with van der Waals surface area (Å²) in [6.07, 6.45) is 4.29. The number of thiazole rings is 1. The molecule has 36 heavy (non-hydrogen) atoms. The predicted octanol–water partition coefficient (Wildman–Crippen LogP) is 4.83. The third kappa shape index (κ3) is 4.63. The third-order valence-electron chi connectivity index (χ3n) is 6.46. The van der Waals surface area contributed by atoms with E-state index >= 15 is 0 Å². The highest BCUT2D eigenvalue weighted by Crippen LogP contribution is 2.34. The van der Waals surface area contributed by atoms with Crippen LogP contribution in [0.5, 0.6) is 0 Å². The molecule has 1 fully saturated rings. The highest BCUT2D eigenvalue weighted by molar-refractivity contribution is 7.89. The van der Waals surface area contributed by atoms with Crippen molar-refractivity contribution < 1.29 is 17.6 Å². The molecule has 1 saturated heterocycles. The summed E-state index contributed by atoms with van der Waals surface area (Å²) in [5.74, 6) is -0.860. The topological polar surface area (TPSA) is 83.5 Å². The van der Waals surface area contributed by atoms with Gasteiger partial charge in [0.15, 0.2) is 5.13 Å². The largest absolute Gasteiger partial charge is 0.282 e. The van der Waals surface area contributed by atoms with E-state index in [2.05, 4.69) is 11.1 Å². The van der Waals surface area contributed by atoms with Crippen molar-refractivity contribution in [2.45, 2.75) is 44.2 Å². The number of carbonyl (C=O) groups excluding carboxylic acids is 1. The lowest BCUT2D eigenvalue weighted by atomic mass is 10.1. The minimum absolute atomic E-state index is 0.0339. The van der Waals surface area contributed by atoms with Crippen molar-refractivity contribution in [3.63, 3.8) is 0 Å². The molecule has 1 aliphatic heterocycles. The Bertz CT molecular complexity index is 1480. The minimum Gasteiger partial charge on any atom is -0.282 e. The number of anilines is 1. The van der Waals surface area contributed by atoms with Gasteiger partial charge in [0, 0.05) is 18.9 Å². The second-order valence-electron chi connectivity index (χ2n) is 8.91. The first-order chi connectivity index (χ1) is 17.2. The number of aromatic nitrogens is 2. The van der Waals surface area contributed by atoms with Gasteiger partial charge in [0.25, 0.3) is 0 Å². The Morgan fingerprint density at radius 1 is 1.17 bits per heavy atom. The number of benzene rings is 2. The van der Waals surface area contributed by atoms with Crippen LogP contribution in [0.2, 0.25) is 0 Å². The Labute approximate surface area is 213 Å². The molecule has 186 valence electrons. The molecule has 4 aromatic rings. The van der Waals surface area contributed by atoms with Crippen LogP contribution in [0.4, 0.5) is 9.52 Å². The van der Waals surface area contributed by atoms with E-state index in [1.165, 1.54) is 27.8 Å². The molecule has 1 unspecified atom stereocenters. The number of hydrogen-bond acceptors (Lipinski definition) is 6. The molecule has 0 saturated carbocycles. The lowest BCUT2D eigenvalue weighted by Gasteiger charge is -2.28. The highest BCUT2D eigenvalue weighted by Gasteiger charge is 2.42. The van der Waals surface area contributed by atoms with Gasteiger partial charge in [-0.3, -0.25) is 14.7 Å². The van der Waals surface area contributed by atoms with Crippen LogP contribution in [0.15, 0.2) is 65.8 Å². The van der Waals surface area contributed by atoms with E-state index in [9.17, 15) is 17.6 Å². The maximum Gasteiger partial charge on any atom is 0.247 e. The molecule has 0 bridgehead atoms. The van der Waals surface area contributed by atoms with Crippen LogP contribution < -0.4 is 4.90 Å². The molecule has 2 aromatic heterocycles. The number of fused-ring (bicyclic) bond motifs is 1. The number of aryl methyl sites for hydroxylation is 2. The number of sulfonamides is 1. The number of carbonyl (C=O) groups is 1. The summed E-state index contributed by atoms with van der Waals surface area (Å²) in [4.78, 5) is 24.5. The number of amides is 1. The molecule has 0 spiro atoms. The Morgan fingerprint density at radius 2 is 1.92 bits per heavy atom. The van der Waals surface area contributed by atoms with Crippen LogP contribution in [0.3, 0.4) is 0 Å².